The second kappa shape index (κ2) is 10.8. The van der Waals surface area contributed by atoms with Gasteiger partial charge in [0.15, 0.2) is 17.2 Å². The number of carbonyl (C=O) groups excluding carboxylic acids is 1. The van der Waals surface area contributed by atoms with Gasteiger partial charge in [-0.25, -0.2) is 4.68 Å². The van der Waals surface area contributed by atoms with Gasteiger partial charge in [-0.3, -0.25) is 9.59 Å². The summed E-state index contributed by atoms with van der Waals surface area (Å²) in [6.45, 7) is 6.97. The number of para-hydroxylation sites is 1. The molecule has 0 aliphatic heterocycles. The number of benzene rings is 2. The van der Waals surface area contributed by atoms with E-state index in [0.29, 0.717) is 54.1 Å². The van der Waals surface area contributed by atoms with E-state index < -0.39 is 11.3 Å². The van der Waals surface area contributed by atoms with Gasteiger partial charge in [0.2, 0.25) is 5.43 Å². The van der Waals surface area contributed by atoms with Crippen LogP contribution in [0.4, 0.5) is 0 Å². The Labute approximate surface area is 191 Å². The number of rotatable bonds is 9. The standard InChI is InChI=1S/C24H26ClN3O4/c1-4-31-21-11-10-17(15-22(21)32-5-2)12-13-26-24(30)23-20(29)14-16(3)28(27-23)19-9-7-6-8-18(19)25/h6-11,14-15H,4-5,12-13H2,1-3H3,(H,26,30). The maximum absolute atomic E-state index is 12.7. The minimum atomic E-state index is -0.535. The van der Waals surface area contributed by atoms with Crippen molar-refractivity contribution < 1.29 is 14.3 Å². The van der Waals surface area contributed by atoms with Crippen molar-refractivity contribution in [2.45, 2.75) is 27.2 Å². The SMILES string of the molecule is CCOc1ccc(CCNC(=O)c2nn(-c3ccccc3Cl)c(C)cc2=O)cc1OCC. The highest BCUT2D eigenvalue weighted by Crippen LogP contribution is 2.28. The molecule has 0 spiro atoms. The Balaban J connectivity index is 1.73. The van der Waals surface area contributed by atoms with Crippen LogP contribution in [-0.4, -0.2) is 35.4 Å². The molecular formula is C24H26ClN3O4. The second-order valence-corrected chi connectivity index (χ2v) is 7.42. The Morgan fingerprint density at radius 3 is 2.50 bits per heavy atom. The Hall–Kier alpha value is -3.32. The van der Waals surface area contributed by atoms with Gasteiger partial charge >= 0.3 is 0 Å². The van der Waals surface area contributed by atoms with E-state index in [-0.39, 0.29) is 5.69 Å². The molecule has 0 fully saturated rings. The third-order valence-electron chi connectivity index (χ3n) is 4.71. The predicted molar refractivity (Wildman–Crippen MR) is 124 cm³/mol. The number of aryl methyl sites for hydroxylation is 1. The lowest BCUT2D eigenvalue weighted by Crippen LogP contribution is -2.33. The van der Waals surface area contributed by atoms with Crippen molar-refractivity contribution in [2.75, 3.05) is 19.8 Å². The first-order chi connectivity index (χ1) is 15.4. The van der Waals surface area contributed by atoms with Gasteiger partial charge in [-0.2, -0.15) is 5.10 Å². The van der Waals surface area contributed by atoms with E-state index in [1.54, 1.807) is 25.1 Å². The number of nitrogens with one attached hydrogen (secondary N) is 1. The van der Waals surface area contributed by atoms with Crippen LogP contribution >= 0.6 is 11.6 Å². The first-order valence-corrected chi connectivity index (χ1v) is 10.8. The highest BCUT2D eigenvalue weighted by atomic mass is 35.5. The van der Waals surface area contributed by atoms with E-state index in [9.17, 15) is 9.59 Å². The van der Waals surface area contributed by atoms with Crippen molar-refractivity contribution in [1.29, 1.82) is 0 Å². The number of hydrogen-bond donors (Lipinski definition) is 1. The molecule has 3 aromatic rings. The highest BCUT2D eigenvalue weighted by molar-refractivity contribution is 6.32. The Morgan fingerprint density at radius 1 is 1.06 bits per heavy atom. The minimum Gasteiger partial charge on any atom is -0.490 e. The Kier molecular flexibility index (Phi) is 7.89. The molecule has 168 valence electrons. The summed E-state index contributed by atoms with van der Waals surface area (Å²) in [7, 11) is 0. The summed E-state index contributed by atoms with van der Waals surface area (Å²) in [6.07, 6.45) is 0.558. The van der Waals surface area contributed by atoms with E-state index in [1.165, 1.54) is 10.7 Å². The molecule has 0 bridgehead atoms. The molecule has 2 aromatic carbocycles. The van der Waals surface area contributed by atoms with Gasteiger partial charge in [-0.1, -0.05) is 29.8 Å². The van der Waals surface area contributed by atoms with Crippen LogP contribution in [0.15, 0.2) is 53.3 Å². The third kappa shape index (κ3) is 5.48. The van der Waals surface area contributed by atoms with Crippen molar-refractivity contribution in [3.05, 3.63) is 80.7 Å². The number of hydrogen-bond acceptors (Lipinski definition) is 5. The average Bonchev–Trinajstić information content (AvgIpc) is 2.76. The number of amides is 1. The zero-order chi connectivity index (χ0) is 23.1. The van der Waals surface area contributed by atoms with Crippen molar-refractivity contribution in [1.82, 2.24) is 15.1 Å². The quantitative estimate of drug-likeness (QED) is 0.528. The summed E-state index contributed by atoms with van der Waals surface area (Å²) >= 11 is 6.26. The van der Waals surface area contributed by atoms with E-state index >= 15 is 0 Å². The Morgan fingerprint density at radius 2 is 1.78 bits per heavy atom. The summed E-state index contributed by atoms with van der Waals surface area (Å²) < 4.78 is 12.7. The van der Waals surface area contributed by atoms with Crippen molar-refractivity contribution in [2.24, 2.45) is 0 Å². The molecule has 0 unspecified atom stereocenters. The molecule has 1 aromatic heterocycles. The van der Waals surface area contributed by atoms with Crippen LogP contribution in [0.5, 0.6) is 11.5 Å². The van der Waals surface area contributed by atoms with Crippen LogP contribution in [0.2, 0.25) is 5.02 Å². The van der Waals surface area contributed by atoms with Gasteiger partial charge in [0.25, 0.3) is 5.91 Å². The summed E-state index contributed by atoms with van der Waals surface area (Å²) in [6, 6.07) is 14.2. The van der Waals surface area contributed by atoms with E-state index in [2.05, 4.69) is 10.4 Å². The molecule has 1 heterocycles. The second-order valence-electron chi connectivity index (χ2n) is 7.01. The number of ether oxygens (including phenoxy) is 2. The van der Waals surface area contributed by atoms with Crippen LogP contribution in [-0.2, 0) is 6.42 Å². The van der Waals surface area contributed by atoms with Crippen molar-refractivity contribution >= 4 is 17.5 Å². The van der Waals surface area contributed by atoms with Gasteiger partial charge in [0, 0.05) is 18.3 Å². The number of carbonyl (C=O) groups is 1. The van der Waals surface area contributed by atoms with Crippen LogP contribution in [0.25, 0.3) is 5.69 Å². The molecule has 7 nitrogen and oxygen atoms in total. The third-order valence-corrected chi connectivity index (χ3v) is 5.03. The normalized spacial score (nSPS) is 10.6. The zero-order valence-electron chi connectivity index (χ0n) is 18.4. The molecular weight excluding hydrogens is 430 g/mol. The maximum atomic E-state index is 12.7. The molecule has 1 amide bonds. The molecule has 1 N–H and O–H groups in total. The molecule has 0 atom stereocenters. The number of halogens is 1. The topological polar surface area (TPSA) is 82.5 Å². The molecule has 32 heavy (non-hydrogen) atoms. The van der Waals surface area contributed by atoms with Crippen molar-refractivity contribution in [3.8, 4) is 17.2 Å². The largest absolute Gasteiger partial charge is 0.490 e. The summed E-state index contributed by atoms with van der Waals surface area (Å²) in [5.74, 6) is 0.818. The fraction of sp³-hybridized carbons (Fsp3) is 0.292. The smallest absolute Gasteiger partial charge is 0.275 e. The highest BCUT2D eigenvalue weighted by Gasteiger charge is 2.16. The summed E-state index contributed by atoms with van der Waals surface area (Å²) in [5, 5.41) is 7.51. The summed E-state index contributed by atoms with van der Waals surface area (Å²) in [4.78, 5) is 25.1. The van der Waals surface area contributed by atoms with Crippen LogP contribution < -0.4 is 20.2 Å². The molecule has 0 aliphatic rings. The minimum absolute atomic E-state index is 0.183. The number of nitrogens with zero attached hydrogens (tertiary/aromatic N) is 2. The maximum Gasteiger partial charge on any atom is 0.275 e. The first-order valence-electron chi connectivity index (χ1n) is 10.5. The lowest BCUT2D eigenvalue weighted by atomic mass is 10.1. The predicted octanol–water partition coefficient (Wildman–Crippen LogP) is 3.96. The lowest BCUT2D eigenvalue weighted by Gasteiger charge is -2.13. The fourth-order valence-electron chi connectivity index (χ4n) is 3.23. The molecule has 0 saturated heterocycles. The summed E-state index contributed by atoms with van der Waals surface area (Å²) in [5.41, 5.74) is 1.53. The molecule has 8 heteroatoms. The monoisotopic (exact) mass is 455 g/mol. The van der Waals surface area contributed by atoms with Gasteiger partial charge < -0.3 is 14.8 Å². The number of aromatic nitrogens is 2. The van der Waals surface area contributed by atoms with E-state index in [1.807, 2.05) is 38.1 Å². The van der Waals surface area contributed by atoms with E-state index in [0.717, 1.165) is 5.56 Å². The van der Waals surface area contributed by atoms with Gasteiger partial charge in [-0.05, 0) is 57.0 Å². The van der Waals surface area contributed by atoms with Gasteiger partial charge in [0.1, 0.15) is 0 Å². The molecule has 0 aliphatic carbocycles. The van der Waals surface area contributed by atoms with Crippen molar-refractivity contribution in [3.63, 3.8) is 0 Å². The molecule has 0 radical (unpaired) electrons. The molecule has 0 saturated carbocycles. The first kappa shape index (κ1) is 23.3. The zero-order valence-corrected chi connectivity index (χ0v) is 19.1. The average molecular weight is 456 g/mol. The Bertz CT molecular complexity index is 1160. The lowest BCUT2D eigenvalue weighted by molar-refractivity contribution is 0.0946. The van der Waals surface area contributed by atoms with Gasteiger partial charge in [-0.15, -0.1) is 0 Å². The van der Waals surface area contributed by atoms with Gasteiger partial charge in [0.05, 0.1) is 23.9 Å². The van der Waals surface area contributed by atoms with Crippen LogP contribution in [0, 0.1) is 6.92 Å². The van der Waals surface area contributed by atoms with Crippen LogP contribution in [0.1, 0.15) is 35.6 Å². The fourth-order valence-corrected chi connectivity index (χ4v) is 3.44. The van der Waals surface area contributed by atoms with Crippen LogP contribution in [0.3, 0.4) is 0 Å². The molecule has 3 rings (SSSR count). The van der Waals surface area contributed by atoms with E-state index in [4.69, 9.17) is 21.1 Å².